The van der Waals surface area contributed by atoms with Crippen LogP contribution in [-0.4, -0.2) is 47.7 Å². The molecule has 1 fully saturated rings. The van der Waals surface area contributed by atoms with Gasteiger partial charge in [0.15, 0.2) is 0 Å². The lowest BCUT2D eigenvalue weighted by molar-refractivity contribution is -0.145. The van der Waals surface area contributed by atoms with Gasteiger partial charge in [-0.1, -0.05) is 0 Å². The predicted octanol–water partition coefficient (Wildman–Crippen LogP) is 0.993. The van der Waals surface area contributed by atoms with E-state index in [9.17, 15) is 9.59 Å². The number of carboxylic acid groups (broad SMARTS) is 1. The second-order valence-electron chi connectivity index (χ2n) is 4.22. The van der Waals surface area contributed by atoms with Crippen LogP contribution in [0.4, 0.5) is 0 Å². The van der Waals surface area contributed by atoms with Crippen LogP contribution in [0, 0.1) is 0 Å². The lowest BCUT2D eigenvalue weighted by atomic mass is 10.1. The molecule has 0 bridgehead atoms. The number of hydrogen-bond donors (Lipinski definition) is 1. The molecule has 1 aliphatic heterocycles. The molecular formula is C12H15NO4S. The highest BCUT2D eigenvalue weighted by Gasteiger charge is 2.28. The highest BCUT2D eigenvalue weighted by atomic mass is 32.1. The Kier molecular flexibility index (Phi) is 4.33. The van der Waals surface area contributed by atoms with Gasteiger partial charge in [-0.05, 0) is 22.4 Å². The molecule has 6 heteroatoms. The number of nitrogens with zero attached hydrogens (tertiary/aromatic N) is 1. The minimum Gasteiger partial charge on any atom is -0.481 e. The maximum absolute atomic E-state index is 12.1. The second-order valence-corrected chi connectivity index (χ2v) is 5.00. The first kappa shape index (κ1) is 13.0. The number of morpholine rings is 1. The summed E-state index contributed by atoms with van der Waals surface area (Å²) < 4.78 is 5.24. The van der Waals surface area contributed by atoms with E-state index in [2.05, 4.69) is 0 Å². The molecule has 0 aliphatic carbocycles. The van der Waals surface area contributed by atoms with Gasteiger partial charge in [-0.25, -0.2) is 0 Å². The van der Waals surface area contributed by atoms with E-state index in [1.807, 2.05) is 16.8 Å². The number of amides is 1. The van der Waals surface area contributed by atoms with E-state index in [0.29, 0.717) is 26.2 Å². The molecule has 2 rings (SSSR count). The van der Waals surface area contributed by atoms with Crippen molar-refractivity contribution in [2.24, 2.45) is 0 Å². The van der Waals surface area contributed by atoms with Crippen LogP contribution in [0.1, 0.15) is 12.0 Å². The molecule has 1 aliphatic rings. The van der Waals surface area contributed by atoms with E-state index in [4.69, 9.17) is 9.84 Å². The molecular weight excluding hydrogens is 254 g/mol. The maximum Gasteiger partial charge on any atom is 0.305 e. The van der Waals surface area contributed by atoms with Crippen LogP contribution < -0.4 is 0 Å². The molecule has 0 saturated carbocycles. The zero-order valence-electron chi connectivity index (χ0n) is 9.87. The fourth-order valence-corrected chi connectivity index (χ4v) is 2.69. The van der Waals surface area contributed by atoms with Gasteiger partial charge in [0.1, 0.15) is 0 Å². The molecule has 1 N–H and O–H groups in total. The Balaban J connectivity index is 1.99. The number of carbonyl (C=O) groups excluding carboxylic acids is 1. The summed E-state index contributed by atoms with van der Waals surface area (Å²) in [6.07, 6.45) is 0.273. The molecule has 1 aromatic heterocycles. The number of ether oxygens (including phenoxy) is 1. The molecule has 5 nitrogen and oxygen atoms in total. The standard InChI is InChI=1S/C12H15NO4S/c14-11(5-9-1-4-18-8-9)13-2-3-17-7-10(13)6-12(15)16/h1,4,8,10H,2-3,5-7H2,(H,15,16)/t10-/m1/s1. The Morgan fingerprint density at radius 3 is 3.06 bits per heavy atom. The molecule has 1 aromatic rings. The zero-order valence-corrected chi connectivity index (χ0v) is 10.7. The van der Waals surface area contributed by atoms with Gasteiger partial charge in [-0.2, -0.15) is 11.3 Å². The van der Waals surface area contributed by atoms with E-state index in [-0.39, 0.29) is 18.4 Å². The van der Waals surface area contributed by atoms with Crippen molar-refractivity contribution >= 4 is 23.2 Å². The summed E-state index contributed by atoms with van der Waals surface area (Å²) in [5.41, 5.74) is 0.977. The third-order valence-electron chi connectivity index (χ3n) is 2.89. The number of carbonyl (C=O) groups is 2. The van der Waals surface area contributed by atoms with Crippen LogP contribution in [0.2, 0.25) is 0 Å². The van der Waals surface area contributed by atoms with Crippen molar-refractivity contribution in [3.05, 3.63) is 22.4 Å². The van der Waals surface area contributed by atoms with Crippen LogP contribution in [0.25, 0.3) is 0 Å². The summed E-state index contributed by atoms with van der Waals surface area (Å²) in [6.45, 7) is 1.26. The van der Waals surface area contributed by atoms with Crippen molar-refractivity contribution in [1.82, 2.24) is 4.90 Å². The van der Waals surface area contributed by atoms with E-state index in [0.717, 1.165) is 5.56 Å². The summed E-state index contributed by atoms with van der Waals surface area (Å²) in [4.78, 5) is 24.5. The van der Waals surface area contributed by atoms with Crippen molar-refractivity contribution in [2.45, 2.75) is 18.9 Å². The van der Waals surface area contributed by atoms with Crippen molar-refractivity contribution in [1.29, 1.82) is 0 Å². The van der Waals surface area contributed by atoms with Gasteiger partial charge in [-0.15, -0.1) is 0 Å². The first-order valence-electron chi connectivity index (χ1n) is 5.77. The third-order valence-corrected chi connectivity index (χ3v) is 3.63. The van der Waals surface area contributed by atoms with E-state index < -0.39 is 5.97 Å². The van der Waals surface area contributed by atoms with Crippen LogP contribution in [0.15, 0.2) is 16.8 Å². The second kappa shape index (κ2) is 5.97. The largest absolute Gasteiger partial charge is 0.481 e. The van der Waals surface area contributed by atoms with Crippen LogP contribution in [-0.2, 0) is 20.7 Å². The first-order chi connectivity index (χ1) is 8.66. The molecule has 1 saturated heterocycles. The van der Waals surface area contributed by atoms with Crippen molar-refractivity contribution < 1.29 is 19.4 Å². The molecule has 0 aromatic carbocycles. The Labute approximate surface area is 109 Å². The van der Waals surface area contributed by atoms with Gasteiger partial charge in [0.2, 0.25) is 5.91 Å². The molecule has 0 radical (unpaired) electrons. The van der Waals surface area contributed by atoms with Crippen molar-refractivity contribution in [3.8, 4) is 0 Å². The number of carboxylic acids is 1. The Morgan fingerprint density at radius 2 is 2.39 bits per heavy atom. The highest BCUT2D eigenvalue weighted by Crippen LogP contribution is 2.14. The van der Waals surface area contributed by atoms with Gasteiger partial charge < -0.3 is 14.7 Å². The number of aliphatic carboxylic acids is 1. The Hall–Kier alpha value is -1.40. The van der Waals surface area contributed by atoms with E-state index in [1.54, 1.807) is 16.2 Å². The molecule has 0 unspecified atom stereocenters. The zero-order chi connectivity index (χ0) is 13.0. The summed E-state index contributed by atoms with van der Waals surface area (Å²) >= 11 is 1.55. The maximum atomic E-state index is 12.1. The first-order valence-corrected chi connectivity index (χ1v) is 6.71. The lowest BCUT2D eigenvalue weighted by Gasteiger charge is -2.34. The van der Waals surface area contributed by atoms with Crippen LogP contribution in [0.5, 0.6) is 0 Å². The highest BCUT2D eigenvalue weighted by molar-refractivity contribution is 7.07. The Morgan fingerprint density at radius 1 is 1.56 bits per heavy atom. The average Bonchev–Trinajstić information content (AvgIpc) is 2.81. The number of hydrogen-bond acceptors (Lipinski definition) is 4. The lowest BCUT2D eigenvalue weighted by Crippen LogP contribution is -2.50. The summed E-state index contributed by atoms with van der Waals surface area (Å²) in [5, 5.41) is 12.7. The van der Waals surface area contributed by atoms with Gasteiger partial charge in [0.25, 0.3) is 0 Å². The fourth-order valence-electron chi connectivity index (χ4n) is 2.02. The fraction of sp³-hybridized carbons (Fsp3) is 0.500. The monoisotopic (exact) mass is 269 g/mol. The topological polar surface area (TPSA) is 66.8 Å². The summed E-state index contributed by atoms with van der Waals surface area (Å²) in [5.74, 6) is -0.929. The third kappa shape index (κ3) is 3.30. The number of rotatable bonds is 4. The molecule has 18 heavy (non-hydrogen) atoms. The van der Waals surface area contributed by atoms with Gasteiger partial charge in [-0.3, -0.25) is 9.59 Å². The molecule has 1 atom stereocenters. The predicted molar refractivity (Wildman–Crippen MR) is 66.6 cm³/mol. The summed E-state index contributed by atoms with van der Waals surface area (Å²) in [7, 11) is 0. The number of thiophene rings is 1. The average molecular weight is 269 g/mol. The quantitative estimate of drug-likeness (QED) is 0.885. The normalized spacial score (nSPS) is 19.8. The minimum atomic E-state index is -0.904. The molecule has 2 heterocycles. The summed E-state index contributed by atoms with van der Waals surface area (Å²) in [6, 6.07) is 1.57. The van der Waals surface area contributed by atoms with Crippen LogP contribution >= 0.6 is 11.3 Å². The van der Waals surface area contributed by atoms with Gasteiger partial charge >= 0.3 is 5.97 Å². The molecule has 1 amide bonds. The van der Waals surface area contributed by atoms with E-state index >= 15 is 0 Å². The molecule has 98 valence electrons. The minimum absolute atomic E-state index is 0.0250. The smallest absolute Gasteiger partial charge is 0.305 e. The SMILES string of the molecule is O=C(O)C[C@@H]1COCCN1C(=O)Cc1ccsc1. The van der Waals surface area contributed by atoms with E-state index in [1.165, 1.54) is 0 Å². The van der Waals surface area contributed by atoms with Gasteiger partial charge in [0.05, 0.1) is 32.1 Å². The Bertz CT molecular complexity index is 418. The van der Waals surface area contributed by atoms with Crippen LogP contribution in [0.3, 0.4) is 0 Å². The van der Waals surface area contributed by atoms with Crippen molar-refractivity contribution in [3.63, 3.8) is 0 Å². The van der Waals surface area contributed by atoms with Gasteiger partial charge in [0, 0.05) is 6.54 Å². The molecule has 0 spiro atoms. The van der Waals surface area contributed by atoms with Crippen molar-refractivity contribution in [2.75, 3.05) is 19.8 Å².